The van der Waals surface area contributed by atoms with Gasteiger partial charge in [0.15, 0.2) is 0 Å². The molecule has 0 aliphatic rings. The van der Waals surface area contributed by atoms with Crippen molar-refractivity contribution in [2.75, 3.05) is 23.3 Å². The number of anilines is 2. The first-order valence-corrected chi connectivity index (χ1v) is 7.67. The highest BCUT2D eigenvalue weighted by Gasteiger charge is 2.25. The van der Waals surface area contributed by atoms with Crippen molar-refractivity contribution in [1.82, 2.24) is 9.97 Å². The molecule has 0 unspecified atom stereocenters. The number of benzene rings is 1. The Morgan fingerprint density at radius 3 is 2.57 bits per heavy atom. The van der Waals surface area contributed by atoms with Crippen LogP contribution >= 0.6 is 11.6 Å². The van der Waals surface area contributed by atoms with Gasteiger partial charge in [0, 0.05) is 24.7 Å². The van der Waals surface area contributed by atoms with Crippen molar-refractivity contribution in [3.05, 3.63) is 51.3 Å². The number of nitro groups is 1. The molecular weight excluding hydrogens is 318 g/mol. The summed E-state index contributed by atoms with van der Waals surface area (Å²) in [6.07, 6.45) is 1.33. The van der Waals surface area contributed by atoms with Gasteiger partial charge in [-0.25, -0.2) is 9.97 Å². The fraction of sp³-hybridized carbons (Fsp3) is 0.333. The number of hydrogen-bond donors (Lipinski definition) is 1. The van der Waals surface area contributed by atoms with Crippen LogP contribution in [0, 0.1) is 10.1 Å². The summed E-state index contributed by atoms with van der Waals surface area (Å²) in [6, 6.07) is 7.32. The van der Waals surface area contributed by atoms with Crippen molar-refractivity contribution in [1.29, 1.82) is 0 Å². The smallest absolute Gasteiger partial charge is 0.353 e. The van der Waals surface area contributed by atoms with Crippen LogP contribution in [0.15, 0.2) is 30.6 Å². The van der Waals surface area contributed by atoms with Gasteiger partial charge < -0.3 is 10.2 Å². The van der Waals surface area contributed by atoms with Gasteiger partial charge >= 0.3 is 5.69 Å². The second-order valence-corrected chi connectivity index (χ2v) is 5.18. The van der Waals surface area contributed by atoms with Crippen LogP contribution in [0.2, 0.25) is 5.02 Å². The summed E-state index contributed by atoms with van der Waals surface area (Å²) >= 11 is 6.10. The fourth-order valence-corrected chi connectivity index (χ4v) is 2.44. The molecule has 0 saturated carbocycles. The van der Waals surface area contributed by atoms with Gasteiger partial charge in [-0.2, -0.15) is 0 Å². The lowest BCUT2D eigenvalue weighted by atomic mass is 10.2. The van der Waals surface area contributed by atoms with Gasteiger partial charge in [-0.3, -0.25) is 10.1 Å². The van der Waals surface area contributed by atoms with Crippen LogP contribution in [0.4, 0.5) is 17.3 Å². The molecule has 2 aromatic rings. The maximum atomic E-state index is 11.5. The fourth-order valence-electron chi connectivity index (χ4n) is 2.24. The van der Waals surface area contributed by atoms with Gasteiger partial charge in [0.2, 0.25) is 11.6 Å². The third-order valence-corrected chi connectivity index (χ3v) is 3.82. The monoisotopic (exact) mass is 335 g/mol. The molecule has 0 spiro atoms. The highest BCUT2D eigenvalue weighted by atomic mass is 35.5. The van der Waals surface area contributed by atoms with Crippen molar-refractivity contribution in [3.8, 4) is 0 Å². The van der Waals surface area contributed by atoms with E-state index in [9.17, 15) is 10.1 Å². The van der Waals surface area contributed by atoms with Crippen LogP contribution in [-0.4, -0.2) is 28.0 Å². The average Bonchev–Trinajstić information content (AvgIpc) is 2.55. The second kappa shape index (κ2) is 7.73. The molecule has 0 amide bonds. The molecule has 1 heterocycles. The molecule has 8 heteroatoms. The lowest BCUT2D eigenvalue weighted by Crippen LogP contribution is -2.24. The number of hydrogen-bond acceptors (Lipinski definition) is 6. The average molecular weight is 336 g/mol. The standard InChI is InChI=1S/C15H18ClN5O2/c1-3-20(4-2)15-13(21(22)23)14(18-10-19-15)17-9-11-7-5-6-8-12(11)16/h5-8,10H,3-4,9H2,1-2H3,(H,17,18,19). The van der Waals surface area contributed by atoms with Crippen LogP contribution in [0.5, 0.6) is 0 Å². The molecule has 0 bridgehead atoms. The topological polar surface area (TPSA) is 84.2 Å². The third kappa shape index (κ3) is 3.87. The maximum absolute atomic E-state index is 11.5. The molecule has 1 aromatic carbocycles. The predicted molar refractivity (Wildman–Crippen MR) is 91.0 cm³/mol. The molecule has 122 valence electrons. The highest BCUT2D eigenvalue weighted by Crippen LogP contribution is 2.32. The first kappa shape index (κ1) is 17.0. The van der Waals surface area contributed by atoms with Gasteiger partial charge in [0.05, 0.1) is 4.92 Å². The summed E-state index contributed by atoms with van der Waals surface area (Å²) in [5, 5.41) is 15.1. The molecular formula is C15H18ClN5O2. The third-order valence-electron chi connectivity index (χ3n) is 3.45. The number of nitrogens with zero attached hydrogens (tertiary/aromatic N) is 4. The minimum Gasteiger partial charge on any atom is -0.360 e. The molecule has 0 atom stereocenters. The molecule has 1 aromatic heterocycles. The van der Waals surface area contributed by atoms with Gasteiger partial charge in [-0.05, 0) is 25.5 Å². The van der Waals surface area contributed by atoms with E-state index >= 15 is 0 Å². The van der Waals surface area contributed by atoms with Crippen LogP contribution in [0.1, 0.15) is 19.4 Å². The molecule has 23 heavy (non-hydrogen) atoms. The van der Waals surface area contributed by atoms with E-state index in [-0.39, 0.29) is 11.5 Å². The second-order valence-electron chi connectivity index (χ2n) is 4.77. The minimum absolute atomic E-state index is 0.122. The normalized spacial score (nSPS) is 10.4. The highest BCUT2D eigenvalue weighted by molar-refractivity contribution is 6.31. The quantitative estimate of drug-likeness (QED) is 0.615. The van der Waals surface area contributed by atoms with E-state index in [1.54, 1.807) is 6.07 Å². The van der Waals surface area contributed by atoms with Gasteiger partial charge in [-0.15, -0.1) is 0 Å². The molecule has 2 rings (SSSR count). The van der Waals surface area contributed by atoms with E-state index in [0.717, 1.165) is 5.56 Å². The molecule has 0 aliphatic carbocycles. The van der Waals surface area contributed by atoms with E-state index < -0.39 is 4.92 Å². The van der Waals surface area contributed by atoms with Gasteiger partial charge in [0.25, 0.3) is 0 Å². The van der Waals surface area contributed by atoms with Crippen molar-refractivity contribution < 1.29 is 4.92 Å². The van der Waals surface area contributed by atoms with Crippen molar-refractivity contribution in [2.45, 2.75) is 20.4 Å². The Labute approximate surface area is 139 Å². The maximum Gasteiger partial charge on any atom is 0.353 e. The minimum atomic E-state index is -0.456. The molecule has 0 saturated heterocycles. The number of aromatic nitrogens is 2. The summed E-state index contributed by atoms with van der Waals surface area (Å²) in [5.74, 6) is 0.503. The lowest BCUT2D eigenvalue weighted by Gasteiger charge is -2.20. The summed E-state index contributed by atoms with van der Waals surface area (Å²) in [7, 11) is 0. The molecule has 0 aliphatic heterocycles. The Kier molecular flexibility index (Phi) is 5.70. The van der Waals surface area contributed by atoms with E-state index in [1.165, 1.54) is 6.33 Å². The molecule has 0 radical (unpaired) electrons. The van der Waals surface area contributed by atoms with Gasteiger partial charge in [-0.1, -0.05) is 29.8 Å². The predicted octanol–water partition coefficient (Wildman–Crippen LogP) is 3.50. The van der Waals surface area contributed by atoms with Crippen LogP contribution in [-0.2, 0) is 6.54 Å². The summed E-state index contributed by atoms with van der Waals surface area (Å²) < 4.78 is 0. The molecule has 7 nitrogen and oxygen atoms in total. The zero-order valence-corrected chi connectivity index (χ0v) is 13.7. The Balaban J connectivity index is 2.33. The Bertz CT molecular complexity index is 691. The zero-order valence-electron chi connectivity index (χ0n) is 13.0. The van der Waals surface area contributed by atoms with E-state index in [0.29, 0.717) is 30.5 Å². The first-order chi connectivity index (χ1) is 11.1. The summed E-state index contributed by atoms with van der Waals surface area (Å²) in [6.45, 7) is 5.43. The SMILES string of the molecule is CCN(CC)c1ncnc(NCc2ccccc2Cl)c1[N+](=O)[O-]. The van der Waals surface area contributed by atoms with E-state index in [1.807, 2.05) is 36.9 Å². The molecule has 0 fully saturated rings. The van der Waals surface area contributed by atoms with E-state index in [4.69, 9.17) is 11.6 Å². The van der Waals surface area contributed by atoms with Crippen molar-refractivity contribution in [2.24, 2.45) is 0 Å². The van der Waals surface area contributed by atoms with Crippen molar-refractivity contribution >= 4 is 28.9 Å². The number of halogens is 1. The number of rotatable bonds is 7. The van der Waals surface area contributed by atoms with Crippen LogP contribution in [0.3, 0.4) is 0 Å². The Morgan fingerprint density at radius 1 is 1.26 bits per heavy atom. The summed E-state index contributed by atoms with van der Waals surface area (Å²) in [4.78, 5) is 21.0. The lowest BCUT2D eigenvalue weighted by molar-refractivity contribution is -0.383. The van der Waals surface area contributed by atoms with Crippen molar-refractivity contribution in [3.63, 3.8) is 0 Å². The first-order valence-electron chi connectivity index (χ1n) is 7.30. The Morgan fingerprint density at radius 2 is 1.96 bits per heavy atom. The van der Waals surface area contributed by atoms with E-state index in [2.05, 4.69) is 15.3 Å². The van der Waals surface area contributed by atoms with Gasteiger partial charge in [0.1, 0.15) is 6.33 Å². The summed E-state index contributed by atoms with van der Waals surface area (Å²) in [5.41, 5.74) is 0.717. The Hall–Kier alpha value is -2.41. The van der Waals surface area contributed by atoms with Crippen LogP contribution in [0.25, 0.3) is 0 Å². The largest absolute Gasteiger partial charge is 0.360 e. The zero-order chi connectivity index (χ0) is 16.8. The number of nitrogens with one attached hydrogen (secondary N) is 1. The molecule has 1 N–H and O–H groups in total. The van der Waals surface area contributed by atoms with Crippen LogP contribution < -0.4 is 10.2 Å².